The van der Waals surface area contributed by atoms with E-state index >= 15 is 0 Å². The highest BCUT2D eigenvalue weighted by molar-refractivity contribution is 5.96. The molecule has 1 aliphatic carbocycles. The van der Waals surface area contributed by atoms with Gasteiger partial charge in [-0.1, -0.05) is 30.4 Å². The van der Waals surface area contributed by atoms with Gasteiger partial charge in [0.25, 0.3) is 5.91 Å². The third-order valence-corrected chi connectivity index (χ3v) is 3.60. The van der Waals surface area contributed by atoms with Crippen molar-refractivity contribution in [1.29, 1.82) is 0 Å². The number of carbonyl (C=O) groups excluding carboxylic acids is 1. The van der Waals surface area contributed by atoms with Gasteiger partial charge in [-0.15, -0.1) is 0 Å². The Morgan fingerprint density at radius 3 is 3.05 bits per heavy atom. The number of carbonyl (C=O) groups is 1. The van der Waals surface area contributed by atoms with Crippen LogP contribution in [0.2, 0.25) is 0 Å². The predicted molar refractivity (Wildman–Crippen MR) is 71.9 cm³/mol. The first-order chi connectivity index (χ1) is 9.24. The number of rotatable bonds is 0. The van der Waals surface area contributed by atoms with Gasteiger partial charge in [0.05, 0.1) is 5.92 Å². The van der Waals surface area contributed by atoms with Crippen LogP contribution in [0.15, 0.2) is 51.9 Å². The van der Waals surface area contributed by atoms with Gasteiger partial charge >= 0.3 is 0 Å². The fraction of sp³-hybridized carbons (Fsp3) is 0.125. The van der Waals surface area contributed by atoms with Gasteiger partial charge in [0, 0.05) is 11.0 Å². The SMILES string of the molecule is Cc1ccc2c3c(oc2c1)=C1C=CC=CC1C(=O)N=3. The Bertz CT molecular complexity index is 897. The van der Waals surface area contributed by atoms with E-state index in [4.69, 9.17) is 4.42 Å². The van der Waals surface area contributed by atoms with Crippen LogP contribution in [-0.2, 0) is 4.79 Å². The van der Waals surface area contributed by atoms with Crippen LogP contribution in [0.1, 0.15) is 5.56 Å². The van der Waals surface area contributed by atoms with E-state index in [1.165, 1.54) is 0 Å². The number of furan rings is 1. The van der Waals surface area contributed by atoms with Crippen molar-refractivity contribution in [3.05, 3.63) is 58.8 Å². The maximum atomic E-state index is 12.1. The zero-order chi connectivity index (χ0) is 13.0. The molecule has 1 amide bonds. The minimum absolute atomic E-state index is 0.119. The molecule has 1 unspecified atom stereocenters. The van der Waals surface area contributed by atoms with Crippen LogP contribution in [0.3, 0.4) is 0 Å². The first-order valence-corrected chi connectivity index (χ1v) is 6.25. The molecule has 1 aromatic heterocycles. The van der Waals surface area contributed by atoms with Crippen LogP contribution >= 0.6 is 0 Å². The van der Waals surface area contributed by atoms with E-state index in [0.29, 0.717) is 5.36 Å². The summed E-state index contributed by atoms with van der Waals surface area (Å²) in [6.07, 6.45) is 7.60. The number of aryl methyl sites for hydroxylation is 1. The van der Waals surface area contributed by atoms with Crippen molar-refractivity contribution in [3.8, 4) is 0 Å². The number of hydrogen-bond acceptors (Lipinski definition) is 2. The molecule has 2 heterocycles. The van der Waals surface area contributed by atoms with Crippen molar-refractivity contribution < 1.29 is 9.21 Å². The minimum Gasteiger partial charge on any atom is -0.454 e. The fourth-order valence-electron chi connectivity index (χ4n) is 2.65. The highest BCUT2D eigenvalue weighted by atomic mass is 16.3. The third kappa shape index (κ3) is 1.38. The van der Waals surface area contributed by atoms with E-state index in [2.05, 4.69) is 4.99 Å². The molecule has 2 aromatic rings. The van der Waals surface area contributed by atoms with E-state index in [9.17, 15) is 4.79 Å². The Kier molecular flexibility index (Phi) is 1.96. The van der Waals surface area contributed by atoms with Crippen molar-refractivity contribution in [3.63, 3.8) is 0 Å². The number of nitrogens with zero attached hydrogens (tertiary/aromatic N) is 1. The number of amides is 1. The molecule has 0 spiro atoms. The molecular formula is C16H11NO2. The van der Waals surface area contributed by atoms with Crippen molar-refractivity contribution in [1.82, 2.24) is 0 Å². The highest BCUT2D eigenvalue weighted by Crippen LogP contribution is 2.23. The number of benzene rings is 1. The Labute approximate surface area is 109 Å². The summed E-state index contributed by atoms with van der Waals surface area (Å²) in [7, 11) is 0. The lowest BCUT2D eigenvalue weighted by Gasteiger charge is -2.14. The first-order valence-electron chi connectivity index (χ1n) is 6.25. The molecule has 1 aliphatic heterocycles. The molecule has 19 heavy (non-hydrogen) atoms. The smallest absolute Gasteiger partial charge is 0.257 e. The summed E-state index contributed by atoms with van der Waals surface area (Å²) in [6, 6.07) is 5.95. The van der Waals surface area contributed by atoms with Crippen LogP contribution in [0.4, 0.5) is 0 Å². The summed E-state index contributed by atoms with van der Waals surface area (Å²) < 4.78 is 5.92. The second-order valence-corrected chi connectivity index (χ2v) is 4.91. The van der Waals surface area contributed by atoms with Crippen LogP contribution in [0.25, 0.3) is 16.5 Å². The largest absolute Gasteiger partial charge is 0.454 e. The summed E-state index contributed by atoms with van der Waals surface area (Å²) in [5.74, 6) is -0.412. The Hall–Kier alpha value is -2.42. The summed E-state index contributed by atoms with van der Waals surface area (Å²) in [5, 5.41) is 1.58. The topological polar surface area (TPSA) is 42.6 Å². The van der Waals surface area contributed by atoms with E-state index in [-0.39, 0.29) is 11.8 Å². The molecule has 3 heteroatoms. The van der Waals surface area contributed by atoms with Gasteiger partial charge in [0.1, 0.15) is 10.9 Å². The van der Waals surface area contributed by atoms with Crippen molar-refractivity contribution in [2.45, 2.75) is 6.92 Å². The Morgan fingerprint density at radius 2 is 2.16 bits per heavy atom. The van der Waals surface area contributed by atoms with E-state index < -0.39 is 0 Å². The lowest BCUT2D eigenvalue weighted by atomic mass is 9.92. The van der Waals surface area contributed by atoms with Crippen molar-refractivity contribution in [2.75, 3.05) is 0 Å². The standard InChI is InChI=1S/C16H11NO2/c1-9-6-7-12-13(8-9)19-15-10-4-2-3-5-11(10)16(18)17-14(12)15/h2-8,11H,1H3. The average Bonchev–Trinajstić information content (AvgIpc) is 2.77. The van der Waals surface area contributed by atoms with Gasteiger partial charge in [-0.2, -0.15) is 0 Å². The van der Waals surface area contributed by atoms with Crippen LogP contribution in [-0.4, -0.2) is 5.91 Å². The second-order valence-electron chi connectivity index (χ2n) is 4.91. The zero-order valence-electron chi connectivity index (χ0n) is 10.4. The molecule has 3 nitrogen and oxygen atoms in total. The quantitative estimate of drug-likeness (QED) is 0.714. The van der Waals surface area contributed by atoms with Crippen LogP contribution in [0.5, 0.6) is 0 Å². The zero-order valence-corrected chi connectivity index (χ0v) is 10.4. The van der Waals surface area contributed by atoms with E-state index in [1.54, 1.807) is 0 Å². The maximum Gasteiger partial charge on any atom is 0.257 e. The molecule has 0 saturated carbocycles. The van der Waals surface area contributed by atoms with Gasteiger partial charge in [-0.3, -0.25) is 4.79 Å². The minimum atomic E-state index is -0.292. The summed E-state index contributed by atoms with van der Waals surface area (Å²) >= 11 is 0. The van der Waals surface area contributed by atoms with E-state index in [1.807, 2.05) is 49.4 Å². The van der Waals surface area contributed by atoms with Crippen molar-refractivity contribution >= 4 is 22.4 Å². The second kappa shape index (κ2) is 3.54. The van der Waals surface area contributed by atoms with E-state index in [0.717, 1.165) is 27.5 Å². The predicted octanol–water partition coefficient (Wildman–Crippen LogP) is 1.79. The number of fused-ring (bicyclic) bond motifs is 4. The molecule has 2 aliphatic rings. The molecule has 1 aromatic carbocycles. The highest BCUT2D eigenvalue weighted by Gasteiger charge is 2.26. The van der Waals surface area contributed by atoms with Gasteiger partial charge in [-0.05, 0) is 24.6 Å². The molecule has 0 saturated heterocycles. The lowest BCUT2D eigenvalue weighted by Crippen LogP contribution is -2.34. The molecule has 0 radical (unpaired) electrons. The molecule has 1 atom stereocenters. The fourth-order valence-corrected chi connectivity index (χ4v) is 2.65. The lowest BCUT2D eigenvalue weighted by molar-refractivity contribution is -0.119. The molecule has 92 valence electrons. The summed E-state index contributed by atoms with van der Waals surface area (Å²) in [5.41, 5.74) is 3.56. The average molecular weight is 249 g/mol. The van der Waals surface area contributed by atoms with Crippen LogP contribution < -0.4 is 10.8 Å². The number of hydrogen-bond donors (Lipinski definition) is 0. The Balaban J connectivity index is 2.22. The Morgan fingerprint density at radius 1 is 1.26 bits per heavy atom. The first kappa shape index (κ1) is 10.5. The molecule has 0 fully saturated rings. The third-order valence-electron chi connectivity index (χ3n) is 3.60. The van der Waals surface area contributed by atoms with Crippen LogP contribution in [0, 0.1) is 12.8 Å². The normalized spacial score (nSPS) is 20.4. The molecular weight excluding hydrogens is 238 g/mol. The maximum absolute atomic E-state index is 12.1. The van der Waals surface area contributed by atoms with Crippen molar-refractivity contribution in [2.24, 2.45) is 10.9 Å². The summed E-state index contributed by atoms with van der Waals surface area (Å²) in [6.45, 7) is 2.02. The number of allylic oxidation sites excluding steroid dienone is 3. The molecule has 4 rings (SSSR count). The summed E-state index contributed by atoms with van der Waals surface area (Å²) in [4.78, 5) is 16.3. The van der Waals surface area contributed by atoms with Gasteiger partial charge in [-0.25, -0.2) is 4.99 Å². The van der Waals surface area contributed by atoms with Gasteiger partial charge in [0.2, 0.25) is 0 Å². The monoisotopic (exact) mass is 249 g/mol. The molecule has 0 N–H and O–H groups in total. The molecule has 0 bridgehead atoms. The van der Waals surface area contributed by atoms with Gasteiger partial charge in [0.15, 0.2) is 5.42 Å². The van der Waals surface area contributed by atoms with Gasteiger partial charge < -0.3 is 4.42 Å².